The highest BCUT2D eigenvalue weighted by molar-refractivity contribution is 14.3. The molecule has 10 heavy (non-hydrogen) atoms. The maximum atomic E-state index is 11.5. The van der Waals surface area contributed by atoms with Crippen LogP contribution in [0.3, 0.4) is 0 Å². The van der Waals surface area contributed by atoms with Crippen LogP contribution in [0, 0.1) is 0 Å². The fraction of sp³-hybridized carbons (Fsp3) is 1.00. The summed E-state index contributed by atoms with van der Waals surface area (Å²) in [5.74, 6) is 0. The Balaban J connectivity index is 4.23. The largest absolute Gasteiger partial charge is 0.227 e. The fourth-order valence-corrected chi connectivity index (χ4v) is 8.35. The normalized spacial score (nSPS) is 14.4. The van der Waals surface area contributed by atoms with Crippen molar-refractivity contribution >= 4 is 136 Å². The highest BCUT2D eigenvalue weighted by Gasteiger charge is 2.43. The van der Waals surface area contributed by atoms with Gasteiger partial charge in [0.1, 0.15) is 0 Å². The molecule has 0 aliphatic heterocycles. The van der Waals surface area contributed by atoms with Crippen molar-refractivity contribution in [3.05, 3.63) is 0 Å². The third-order valence-corrected chi connectivity index (χ3v) is 3.99. The van der Waals surface area contributed by atoms with Crippen LogP contribution in [0.4, 0.5) is 0 Å². The number of hydrogen-bond acceptors (Lipinski definition) is 0. The van der Waals surface area contributed by atoms with Crippen LogP contribution in [0.5, 0.6) is 0 Å². The molecule has 0 fully saturated rings. The van der Waals surface area contributed by atoms with Crippen molar-refractivity contribution < 1.29 is 5.11 Å². The van der Waals surface area contributed by atoms with Gasteiger partial charge in [0, 0.05) is 0 Å². The lowest BCUT2D eigenvalue weighted by Gasteiger charge is -2.25. The minimum absolute atomic E-state index is 0.225. The Morgan fingerprint density at radius 1 is 0.800 bits per heavy atom. The molecule has 0 aliphatic rings. The van der Waals surface area contributed by atoms with E-state index in [1.54, 1.807) is 0 Å². The lowest BCUT2D eigenvalue weighted by atomic mass is 10.5. The second kappa shape index (κ2) is 5.43. The zero-order valence-corrected chi connectivity index (χ0v) is 17.2. The van der Waals surface area contributed by atoms with E-state index in [2.05, 4.69) is 136 Å². The predicted molar refractivity (Wildman–Crippen MR) is 94.1 cm³/mol. The number of hydrogen-bond donors (Lipinski definition) is 0. The van der Waals surface area contributed by atoms with Gasteiger partial charge in [0.25, 0.3) is 0 Å². The monoisotopic (exact) mass is 814 g/mol. The molecule has 0 spiro atoms. The summed E-state index contributed by atoms with van der Waals surface area (Å²) in [5.41, 5.74) is 0. The molecule has 0 N–H and O–H groups in total. The van der Waals surface area contributed by atoms with Crippen LogP contribution in [-0.2, 0) is 5.11 Å². The molecule has 0 saturated carbocycles. The molecular formula is C3HI6O. The molecule has 0 saturated heterocycles. The van der Waals surface area contributed by atoms with Crippen LogP contribution in [0.25, 0.3) is 0 Å². The maximum absolute atomic E-state index is 11.5. The molecule has 61 valence electrons. The zero-order chi connectivity index (χ0) is 8.58. The van der Waals surface area contributed by atoms with Crippen molar-refractivity contribution in [3.8, 4) is 0 Å². The van der Waals surface area contributed by atoms with Gasteiger partial charge in [0.05, 0.1) is 0 Å². The highest BCUT2D eigenvalue weighted by atomic mass is 127. The number of alkyl halides is 6. The summed E-state index contributed by atoms with van der Waals surface area (Å²) in [6, 6.07) is 0. The average molecular weight is 814 g/mol. The Labute approximate surface area is 142 Å². The first-order valence-corrected chi connectivity index (χ1v) is 8.42. The third kappa shape index (κ3) is 5.94. The molecule has 0 bridgehead atoms. The Hall–Kier alpha value is 4.34. The molecule has 7 heteroatoms. The van der Waals surface area contributed by atoms with Crippen molar-refractivity contribution in [1.29, 1.82) is 0 Å². The molecule has 1 nitrogen and oxygen atoms in total. The SMILES string of the molecule is [O]C(C(I)(I)I)C(I)(I)I. The van der Waals surface area contributed by atoms with Crippen LogP contribution in [-0.4, -0.2) is 4.97 Å². The van der Waals surface area contributed by atoms with Crippen molar-refractivity contribution in [3.63, 3.8) is 0 Å². The van der Waals surface area contributed by atoms with Gasteiger partial charge < -0.3 is 0 Å². The van der Waals surface area contributed by atoms with Gasteiger partial charge in [0.15, 0.2) is 4.97 Å². The van der Waals surface area contributed by atoms with Crippen LogP contribution >= 0.6 is 136 Å². The lowest BCUT2D eigenvalue weighted by molar-refractivity contribution is 0.123. The molecular weight excluding hydrogens is 813 g/mol. The molecule has 0 heterocycles. The summed E-state index contributed by atoms with van der Waals surface area (Å²) in [5, 5.41) is 11.5. The van der Waals surface area contributed by atoms with Crippen molar-refractivity contribution in [1.82, 2.24) is 0 Å². The molecule has 0 aromatic carbocycles. The quantitative estimate of drug-likeness (QED) is 0.285. The maximum Gasteiger partial charge on any atom is 0.158 e. The van der Waals surface area contributed by atoms with Gasteiger partial charge >= 0.3 is 0 Å². The van der Waals surface area contributed by atoms with E-state index in [9.17, 15) is 5.11 Å². The molecule has 0 aromatic heterocycles. The summed E-state index contributed by atoms with van der Waals surface area (Å²) < 4.78 is -0.451. The molecule has 0 amide bonds. The van der Waals surface area contributed by atoms with Crippen LogP contribution in [0.1, 0.15) is 0 Å². The summed E-state index contributed by atoms with van der Waals surface area (Å²) in [6.07, 6.45) is -0.566. The Morgan fingerprint density at radius 2 is 1.00 bits per heavy atom. The highest BCUT2D eigenvalue weighted by Crippen LogP contribution is 2.51. The summed E-state index contributed by atoms with van der Waals surface area (Å²) in [6.45, 7) is 0. The Bertz CT molecular complexity index is 97.1. The van der Waals surface area contributed by atoms with Gasteiger partial charge in [-0.05, 0) is 0 Å². The topological polar surface area (TPSA) is 19.9 Å². The standard InChI is InChI=1S/C3HI6O/c4-2(5,6)1(10)3(7,8)9/h1H. The summed E-state index contributed by atoms with van der Waals surface area (Å²) in [7, 11) is 0. The first kappa shape index (κ1) is 14.3. The average Bonchev–Trinajstić information content (AvgIpc) is 1.59. The Kier molecular flexibility index (Phi) is 7.79. The Morgan fingerprint density at radius 3 is 1.00 bits per heavy atom. The van der Waals surface area contributed by atoms with Crippen molar-refractivity contribution in [2.24, 2.45) is 0 Å². The summed E-state index contributed by atoms with van der Waals surface area (Å²) >= 11 is 13.0. The fourth-order valence-electron chi connectivity index (χ4n) is 0.186. The van der Waals surface area contributed by atoms with E-state index in [4.69, 9.17) is 0 Å². The molecule has 1 radical (unpaired) electrons. The molecule has 0 aliphatic carbocycles. The van der Waals surface area contributed by atoms with Gasteiger partial charge in [-0.15, -0.1) is 0 Å². The van der Waals surface area contributed by atoms with E-state index in [-0.39, 0.29) is -1.13 Å². The molecule has 0 rings (SSSR count). The second-order valence-corrected chi connectivity index (χ2v) is 24.1. The van der Waals surface area contributed by atoms with Gasteiger partial charge in [-0.25, -0.2) is 5.11 Å². The third-order valence-electron chi connectivity index (χ3n) is 0.595. The molecule has 0 atom stereocenters. The number of halogens is 6. The van der Waals surface area contributed by atoms with E-state index in [1.165, 1.54) is 0 Å². The lowest BCUT2D eigenvalue weighted by Crippen LogP contribution is -2.33. The second-order valence-electron chi connectivity index (χ2n) is 1.46. The van der Waals surface area contributed by atoms with Crippen LogP contribution < -0.4 is 0 Å². The van der Waals surface area contributed by atoms with Crippen molar-refractivity contribution in [2.45, 2.75) is 4.97 Å². The smallest absolute Gasteiger partial charge is 0.158 e. The zero-order valence-electron chi connectivity index (χ0n) is 4.25. The first-order valence-electron chi connectivity index (χ1n) is 1.95. The van der Waals surface area contributed by atoms with Gasteiger partial charge in [-0.3, -0.25) is 0 Å². The van der Waals surface area contributed by atoms with Gasteiger partial charge in [0.2, 0.25) is 0 Å². The minimum Gasteiger partial charge on any atom is -0.227 e. The predicted octanol–water partition coefficient (Wildman–Crippen LogP) is 4.70. The van der Waals surface area contributed by atoms with E-state index in [0.29, 0.717) is 0 Å². The van der Waals surface area contributed by atoms with Gasteiger partial charge in [-0.1, -0.05) is 136 Å². The molecule has 0 aromatic rings. The van der Waals surface area contributed by atoms with E-state index in [0.717, 1.165) is 0 Å². The van der Waals surface area contributed by atoms with E-state index >= 15 is 0 Å². The van der Waals surface area contributed by atoms with E-state index in [1.807, 2.05) is 0 Å². The van der Waals surface area contributed by atoms with Crippen LogP contribution in [0.2, 0.25) is 0 Å². The number of rotatable bonds is 2. The van der Waals surface area contributed by atoms with Gasteiger partial charge in [-0.2, -0.15) is 0 Å². The van der Waals surface area contributed by atoms with E-state index < -0.39 is 6.10 Å². The van der Waals surface area contributed by atoms with Crippen LogP contribution in [0.15, 0.2) is 0 Å². The first-order chi connectivity index (χ1) is 4.15. The minimum atomic E-state index is -0.566. The van der Waals surface area contributed by atoms with Crippen molar-refractivity contribution in [2.75, 3.05) is 0 Å². The summed E-state index contributed by atoms with van der Waals surface area (Å²) in [4.78, 5) is 0. The molecule has 0 unspecified atom stereocenters.